The van der Waals surface area contributed by atoms with Crippen molar-refractivity contribution in [2.24, 2.45) is 0 Å². The second-order valence-corrected chi connectivity index (χ2v) is 6.50. The maximum absolute atomic E-state index is 12.1. The Hall–Kier alpha value is -3.18. The van der Waals surface area contributed by atoms with E-state index in [4.69, 9.17) is 11.6 Å². The maximum atomic E-state index is 12.1. The summed E-state index contributed by atoms with van der Waals surface area (Å²) >= 11 is 6.83. The molecule has 27 heavy (non-hydrogen) atoms. The number of phenols is 1. The zero-order valence-electron chi connectivity index (χ0n) is 13.4. The Bertz CT molecular complexity index is 994. The van der Waals surface area contributed by atoms with Gasteiger partial charge in [-0.25, -0.2) is 0 Å². The van der Waals surface area contributed by atoms with E-state index in [-0.39, 0.29) is 27.9 Å². The molecule has 0 unspecified atom stereocenters. The minimum Gasteiger partial charge on any atom is -0.508 e. The number of anilines is 1. The summed E-state index contributed by atoms with van der Waals surface area (Å²) in [6.45, 7) is 0. The summed E-state index contributed by atoms with van der Waals surface area (Å²) in [4.78, 5) is 22.4. The van der Waals surface area contributed by atoms with Crippen LogP contribution in [0.3, 0.4) is 0 Å². The second-order valence-electron chi connectivity index (χ2n) is 5.15. The molecule has 2 aromatic carbocycles. The Labute approximate surface area is 161 Å². The molecule has 1 heterocycles. The number of halogens is 1. The number of hydrogen-bond donors (Lipinski definition) is 2. The second kappa shape index (κ2) is 8.01. The van der Waals surface area contributed by atoms with Crippen molar-refractivity contribution in [2.45, 2.75) is 5.16 Å². The number of amides is 1. The van der Waals surface area contributed by atoms with Gasteiger partial charge in [0.05, 0.1) is 16.4 Å². The van der Waals surface area contributed by atoms with Crippen LogP contribution >= 0.6 is 23.4 Å². The minimum atomic E-state index is -0.626. The molecule has 138 valence electrons. The molecule has 0 aliphatic carbocycles. The number of benzene rings is 2. The van der Waals surface area contributed by atoms with Crippen LogP contribution in [0.1, 0.15) is 0 Å². The smallest absolute Gasteiger partial charge is 0.289 e. The Morgan fingerprint density at radius 2 is 2.04 bits per heavy atom. The largest absolute Gasteiger partial charge is 0.508 e. The normalized spacial score (nSPS) is 10.6. The van der Waals surface area contributed by atoms with Crippen LogP contribution in [-0.2, 0) is 4.79 Å². The van der Waals surface area contributed by atoms with Gasteiger partial charge in [-0.1, -0.05) is 23.4 Å². The Morgan fingerprint density at radius 1 is 1.30 bits per heavy atom. The van der Waals surface area contributed by atoms with Gasteiger partial charge < -0.3 is 10.4 Å². The fraction of sp³-hybridized carbons (Fsp3) is 0.0667. The molecule has 12 heteroatoms. The summed E-state index contributed by atoms with van der Waals surface area (Å²) in [6, 6.07) is 10.2. The van der Waals surface area contributed by atoms with Gasteiger partial charge in [0.15, 0.2) is 0 Å². The van der Waals surface area contributed by atoms with Crippen molar-refractivity contribution in [1.82, 2.24) is 20.2 Å². The topological polar surface area (TPSA) is 136 Å². The molecule has 0 saturated heterocycles. The van der Waals surface area contributed by atoms with Gasteiger partial charge in [0.1, 0.15) is 10.8 Å². The van der Waals surface area contributed by atoms with E-state index in [0.717, 1.165) is 11.8 Å². The molecule has 0 saturated carbocycles. The Kier molecular flexibility index (Phi) is 5.52. The molecule has 0 radical (unpaired) electrons. The summed E-state index contributed by atoms with van der Waals surface area (Å²) in [7, 11) is 0. The SMILES string of the molecule is O=C(CSc1nnnn1-c1ccc(O)cc1)Nc1ccc(Cl)c([N+](=O)[O-])c1. The van der Waals surface area contributed by atoms with Crippen molar-refractivity contribution in [1.29, 1.82) is 0 Å². The zero-order chi connectivity index (χ0) is 19.4. The van der Waals surface area contributed by atoms with Crippen molar-refractivity contribution < 1.29 is 14.8 Å². The molecule has 1 amide bonds. The van der Waals surface area contributed by atoms with Crippen molar-refractivity contribution >= 4 is 40.6 Å². The van der Waals surface area contributed by atoms with Gasteiger partial charge in [-0.3, -0.25) is 14.9 Å². The number of nitro groups is 1. The lowest BCUT2D eigenvalue weighted by molar-refractivity contribution is -0.384. The predicted octanol–water partition coefficient (Wildman–Crippen LogP) is 2.66. The number of aromatic nitrogens is 4. The monoisotopic (exact) mass is 406 g/mol. The van der Waals surface area contributed by atoms with Gasteiger partial charge in [-0.15, -0.1) is 5.10 Å². The van der Waals surface area contributed by atoms with Crippen molar-refractivity contribution in [3.05, 3.63) is 57.6 Å². The van der Waals surface area contributed by atoms with Gasteiger partial charge in [-0.05, 0) is 46.8 Å². The number of nitrogens with one attached hydrogen (secondary N) is 1. The first-order chi connectivity index (χ1) is 12.9. The average molecular weight is 407 g/mol. The maximum Gasteiger partial charge on any atom is 0.289 e. The lowest BCUT2D eigenvalue weighted by Gasteiger charge is -2.06. The van der Waals surface area contributed by atoms with Gasteiger partial charge in [0, 0.05) is 11.8 Å². The molecule has 0 atom stereocenters. The first-order valence-electron chi connectivity index (χ1n) is 7.38. The quantitative estimate of drug-likeness (QED) is 0.362. The standard InChI is InChI=1S/C15H11ClN6O4S/c16-12-6-1-9(7-13(12)22(25)26)17-14(24)8-27-15-18-19-20-21(15)10-2-4-11(23)5-3-10/h1-7,23H,8H2,(H,17,24). The first-order valence-corrected chi connectivity index (χ1v) is 8.75. The summed E-state index contributed by atoms with van der Waals surface area (Å²) < 4.78 is 1.42. The van der Waals surface area contributed by atoms with Crippen LogP contribution in [0.15, 0.2) is 47.6 Å². The molecule has 0 bridgehead atoms. The predicted molar refractivity (Wildman–Crippen MR) is 98.3 cm³/mol. The van der Waals surface area contributed by atoms with Crippen LogP contribution in [0.25, 0.3) is 5.69 Å². The zero-order valence-corrected chi connectivity index (χ0v) is 15.0. The lowest BCUT2D eigenvalue weighted by Crippen LogP contribution is -2.14. The number of carbonyl (C=O) groups excluding carboxylic acids is 1. The van der Waals surface area contributed by atoms with E-state index in [1.165, 1.54) is 35.0 Å². The molecule has 0 aliphatic rings. The number of hydrogen-bond acceptors (Lipinski definition) is 8. The number of rotatable bonds is 6. The number of nitro benzene ring substituents is 1. The molecule has 0 spiro atoms. The van der Waals surface area contributed by atoms with E-state index < -0.39 is 10.8 Å². The number of phenolic OH excluding ortho intramolecular Hbond substituents is 1. The molecular formula is C15H11ClN6O4S. The number of nitrogens with zero attached hydrogens (tertiary/aromatic N) is 5. The van der Waals surface area contributed by atoms with Crippen LogP contribution in [-0.4, -0.2) is 41.9 Å². The molecule has 2 N–H and O–H groups in total. The third-order valence-corrected chi connectivity index (χ3v) is 4.53. The molecule has 1 aromatic heterocycles. The highest BCUT2D eigenvalue weighted by atomic mass is 35.5. The summed E-state index contributed by atoms with van der Waals surface area (Å²) in [6.07, 6.45) is 0. The summed E-state index contributed by atoms with van der Waals surface area (Å²) in [5, 5.41) is 34.4. The number of carbonyl (C=O) groups is 1. The third kappa shape index (κ3) is 4.51. The highest BCUT2D eigenvalue weighted by Gasteiger charge is 2.15. The van der Waals surface area contributed by atoms with Crippen LogP contribution < -0.4 is 5.32 Å². The van der Waals surface area contributed by atoms with E-state index in [1.54, 1.807) is 12.1 Å². The number of tetrazole rings is 1. The molecule has 3 rings (SSSR count). The minimum absolute atomic E-state index is 0.0135. The van der Waals surface area contributed by atoms with Crippen LogP contribution in [0.2, 0.25) is 5.02 Å². The molecular weight excluding hydrogens is 396 g/mol. The highest BCUT2D eigenvalue weighted by molar-refractivity contribution is 7.99. The summed E-state index contributed by atoms with van der Waals surface area (Å²) in [5.41, 5.74) is 0.585. The van der Waals surface area contributed by atoms with E-state index in [9.17, 15) is 20.0 Å². The van der Waals surface area contributed by atoms with E-state index in [1.807, 2.05) is 0 Å². The fourth-order valence-electron chi connectivity index (χ4n) is 2.08. The van der Waals surface area contributed by atoms with Crippen LogP contribution in [0, 0.1) is 10.1 Å². The van der Waals surface area contributed by atoms with E-state index >= 15 is 0 Å². The molecule has 10 nitrogen and oxygen atoms in total. The number of thioether (sulfide) groups is 1. The van der Waals surface area contributed by atoms with Gasteiger partial charge in [0.25, 0.3) is 5.69 Å². The number of aromatic hydroxyl groups is 1. The Balaban J connectivity index is 1.65. The third-order valence-electron chi connectivity index (χ3n) is 3.29. The van der Waals surface area contributed by atoms with Crippen molar-refractivity contribution in [2.75, 3.05) is 11.1 Å². The van der Waals surface area contributed by atoms with Crippen LogP contribution in [0.4, 0.5) is 11.4 Å². The fourth-order valence-corrected chi connectivity index (χ4v) is 2.96. The molecule has 0 fully saturated rings. The lowest BCUT2D eigenvalue weighted by atomic mass is 10.3. The highest BCUT2D eigenvalue weighted by Crippen LogP contribution is 2.27. The first kappa shape index (κ1) is 18.6. The van der Waals surface area contributed by atoms with Gasteiger partial charge in [0.2, 0.25) is 11.1 Å². The molecule has 0 aliphatic heterocycles. The molecule has 3 aromatic rings. The van der Waals surface area contributed by atoms with Crippen molar-refractivity contribution in [3.8, 4) is 11.4 Å². The van der Waals surface area contributed by atoms with Crippen LogP contribution in [0.5, 0.6) is 5.75 Å². The Morgan fingerprint density at radius 3 is 2.74 bits per heavy atom. The van der Waals surface area contributed by atoms with E-state index in [0.29, 0.717) is 10.8 Å². The van der Waals surface area contributed by atoms with E-state index in [2.05, 4.69) is 20.8 Å². The average Bonchev–Trinajstić information content (AvgIpc) is 3.10. The van der Waals surface area contributed by atoms with Gasteiger partial charge in [-0.2, -0.15) is 4.68 Å². The summed E-state index contributed by atoms with van der Waals surface area (Å²) in [5.74, 6) is -0.302. The van der Waals surface area contributed by atoms with Crippen molar-refractivity contribution in [3.63, 3.8) is 0 Å². The van der Waals surface area contributed by atoms with Gasteiger partial charge >= 0.3 is 0 Å².